The van der Waals surface area contributed by atoms with Crippen molar-refractivity contribution in [3.63, 3.8) is 0 Å². The second kappa shape index (κ2) is 8.52. The summed E-state index contributed by atoms with van der Waals surface area (Å²) in [5.74, 6) is -1.37. The first-order valence-electron chi connectivity index (χ1n) is 7.51. The number of ether oxygens (including phenoxy) is 3. The van der Waals surface area contributed by atoms with Gasteiger partial charge in [0.2, 0.25) is 0 Å². The quantitative estimate of drug-likeness (QED) is 0.626. The molecule has 0 unspecified atom stereocenters. The topological polar surface area (TPSA) is 103 Å². The molecule has 0 aliphatic carbocycles. The van der Waals surface area contributed by atoms with Crippen molar-refractivity contribution in [1.29, 1.82) is 0 Å². The van der Waals surface area contributed by atoms with E-state index in [1.165, 1.54) is 51.7 Å². The standard InChI is InChI=1S/C18H18N2O6/c1-24-13-8-9-15(25-2)14(10-13)20-17(22)16(21)19-12-6-4-11(5-7-12)18(23)26-3/h4-10H,1-3H3,(H,19,21)(H,20,22). The minimum Gasteiger partial charge on any atom is -0.497 e. The van der Waals surface area contributed by atoms with Gasteiger partial charge in [-0.2, -0.15) is 0 Å². The molecule has 0 bridgehead atoms. The molecule has 8 nitrogen and oxygen atoms in total. The number of esters is 1. The minimum atomic E-state index is -0.881. The average molecular weight is 358 g/mol. The van der Waals surface area contributed by atoms with E-state index in [1.807, 2.05) is 0 Å². The zero-order valence-electron chi connectivity index (χ0n) is 14.5. The van der Waals surface area contributed by atoms with Crippen molar-refractivity contribution in [2.24, 2.45) is 0 Å². The fourth-order valence-electron chi connectivity index (χ4n) is 2.09. The van der Waals surface area contributed by atoms with E-state index in [1.54, 1.807) is 12.1 Å². The van der Waals surface area contributed by atoms with Crippen LogP contribution >= 0.6 is 0 Å². The monoisotopic (exact) mass is 358 g/mol. The Kier molecular flexibility index (Phi) is 6.15. The maximum Gasteiger partial charge on any atom is 0.337 e. The summed E-state index contributed by atoms with van der Waals surface area (Å²) in [7, 11) is 4.20. The molecule has 26 heavy (non-hydrogen) atoms. The van der Waals surface area contributed by atoms with Gasteiger partial charge in [0.15, 0.2) is 0 Å². The van der Waals surface area contributed by atoms with Crippen LogP contribution in [0.1, 0.15) is 10.4 Å². The lowest BCUT2D eigenvalue weighted by Gasteiger charge is -2.12. The molecular weight excluding hydrogens is 340 g/mol. The zero-order chi connectivity index (χ0) is 19.1. The third kappa shape index (κ3) is 4.50. The highest BCUT2D eigenvalue weighted by Gasteiger charge is 2.17. The van der Waals surface area contributed by atoms with Gasteiger partial charge < -0.3 is 24.8 Å². The number of carbonyl (C=O) groups excluding carboxylic acids is 3. The Hall–Kier alpha value is -3.55. The second-order valence-electron chi connectivity index (χ2n) is 5.04. The van der Waals surface area contributed by atoms with Crippen LogP contribution in [0.2, 0.25) is 0 Å². The van der Waals surface area contributed by atoms with Crippen LogP contribution < -0.4 is 20.1 Å². The molecule has 0 fully saturated rings. The number of amides is 2. The molecule has 0 heterocycles. The predicted octanol–water partition coefficient (Wildman–Crippen LogP) is 2.07. The van der Waals surface area contributed by atoms with Gasteiger partial charge in [-0.3, -0.25) is 9.59 Å². The van der Waals surface area contributed by atoms with E-state index >= 15 is 0 Å². The number of hydrogen-bond acceptors (Lipinski definition) is 6. The van der Waals surface area contributed by atoms with E-state index in [0.29, 0.717) is 28.4 Å². The Morgan fingerprint density at radius 3 is 2.04 bits per heavy atom. The molecule has 8 heteroatoms. The summed E-state index contributed by atoms with van der Waals surface area (Å²) in [6.07, 6.45) is 0. The van der Waals surface area contributed by atoms with Crippen LogP contribution in [0.15, 0.2) is 42.5 Å². The van der Waals surface area contributed by atoms with Gasteiger partial charge in [-0.25, -0.2) is 4.79 Å². The van der Waals surface area contributed by atoms with E-state index in [9.17, 15) is 14.4 Å². The Morgan fingerprint density at radius 2 is 1.46 bits per heavy atom. The SMILES string of the molecule is COC(=O)c1ccc(NC(=O)C(=O)Nc2cc(OC)ccc2OC)cc1. The van der Waals surface area contributed by atoms with Gasteiger partial charge >= 0.3 is 17.8 Å². The van der Waals surface area contributed by atoms with Gasteiger partial charge in [0.25, 0.3) is 0 Å². The van der Waals surface area contributed by atoms with Crippen molar-refractivity contribution in [3.05, 3.63) is 48.0 Å². The first kappa shape index (κ1) is 18.8. The van der Waals surface area contributed by atoms with Gasteiger partial charge in [0.1, 0.15) is 11.5 Å². The molecule has 2 rings (SSSR count). The molecule has 0 radical (unpaired) electrons. The molecule has 2 N–H and O–H groups in total. The first-order valence-corrected chi connectivity index (χ1v) is 7.51. The zero-order valence-corrected chi connectivity index (χ0v) is 14.5. The normalized spacial score (nSPS) is 9.81. The fraction of sp³-hybridized carbons (Fsp3) is 0.167. The molecule has 0 atom stereocenters. The van der Waals surface area contributed by atoms with E-state index in [-0.39, 0.29) is 0 Å². The number of carbonyl (C=O) groups is 3. The molecule has 0 saturated carbocycles. The Labute approximate surface area is 150 Å². The first-order chi connectivity index (χ1) is 12.5. The number of rotatable bonds is 5. The smallest absolute Gasteiger partial charge is 0.337 e. The summed E-state index contributed by atoms with van der Waals surface area (Å²) in [4.78, 5) is 35.5. The molecular formula is C18H18N2O6. The van der Waals surface area contributed by atoms with Gasteiger partial charge in [0.05, 0.1) is 32.6 Å². The fourth-order valence-corrected chi connectivity index (χ4v) is 2.09. The molecule has 2 amide bonds. The lowest BCUT2D eigenvalue weighted by atomic mass is 10.2. The van der Waals surface area contributed by atoms with Gasteiger partial charge in [-0.15, -0.1) is 0 Å². The highest BCUT2D eigenvalue weighted by atomic mass is 16.5. The molecule has 0 spiro atoms. The summed E-state index contributed by atoms with van der Waals surface area (Å²) in [5.41, 5.74) is 0.986. The molecule has 136 valence electrons. The van der Waals surface area contributed by atoms with E-state index in [2.05, 4.69) is 15.4 Å². The van der Waals surface area contributed by atoms with Crippen molar-refractivity contribution >= 4 is 29.2 Å². The molecule has 0 aliphatic heterocycles. The lowest BCUT2D eigenvalue weighted by molar-refractivity contribution is -0.133. The number of nitrogens with one attached hydrogen (secondary N) is 2. The highest BCUT2D eigenvalue weighted by Crippen LogP contribution is 2.28. The van der Waals surface area contributed by atoms with E-state index in [4.69, 9.17) is 9.47 Å². The number of hydrogen-bond donors (Lipinski definition) is 2. The average Bonchev–Trinajstić information content (AvgIpc) is 2.67. The number of methoxy groups -OCH3 is 3. The van der Waals surface area contributed by atoms with Gasteiger partial charge in [-0.05, 0) is 36.4 Å². The Balaban J connectivity index is 2.06. The van der Waals surface area contributed by atoms with Crippen LogP contribution in [0.5, 0.6) is 11.5 Å². The highest BCUT2D eigenvalue weighted by molar-refractivity contribution is 6.43. The molecule has 0 aromatic heterocycles. The molecule has 2 aromatic carbocycles. The molecule has 0 saturated heterocycles. The summed E-state index contributed by atoms with van der Waals surface area (Å²) in [6, 6.07) is 10.7. The third-order valence-corrected chi connectivity index (χ3v) is 3.42. The summed E-state index contributed by atoms with van der Waals surface area (Å²) in [6.45, 7) is 0. The van der Waals surface area contributed by atoms with Gasteiger partial charge in [-0.1, -0.05) is 0 Å². The third-order valence-electron chi connectivity index (χ3n) is 3.42. The van der Waals surface area contributed by atoms with Crippen molar-refractivity contribution in [3.8, 4) is 11.5 Å². The summed E-state index contributed by atoms with van der Waals surface area (Å²) in [5, 5.41) is 4.90. The summed E-state index contributed by atoms with van der Waals surface area (Å²) < 4.78 is 14.8. The number of benzene rings is 2. The molecule has 0 aliphatic rings. The number of anilines is 2. The van der Waals surface area contributed by atoms with Crippen LogP contribution in [-0.4, -0.2) is 39.1 Å². The van der Waals surface area contributed by atoms with Crippen molar-refractivity contribution in [1.82, 2.24) is 0 Å². The Morgan fingerprint density at radius 1 is 0.808 bits per heavy atom. The van der Waals surface area contributed by atoms with E-state index < -0.39 is 17.8 Å². The lowest BCUT2D eigenvalue weighted by Crippen LogP contribution is -2.29. The van der Waals surface area contributed by atoms with Crippen molar-refractivity contribution in [2.75, 3.05) is 32.0 Å². The Bertz CT molecular complexity index is 817. The van der Waals surface area contributed by atoms with Crippen LogP contribution in [0.3, 0.4) is 0 Å². The van der Waals surface area contributed by atoms with Crippen molar-refractivity contribution < 1.29 is 28.6 Å². The maximum atomic E-state index is 12.1. The maximum absolute atomic E-state index is 12.1. The molecule has 2 aromatic rings. The van der Waals surface area contributed by atoms with Crippen LogP contribution in [0.4, 0.5) is 11.4 Å². The van der Waals surface area contributed by atoms with Crippen LogP contribution in [-0.2, 0) is 14.3 Å². The second-order valence-corrected chi connectivity index (χ2v) is 5.04. The minimum absolute atomic E-state index is 0.299. The van der Waals surface area contributed by atoms with Crippen LogP contribution in [0.25, 0.3) is 0 Å². The predicted molar refractivity (Wildman–Crippen MR) is 94.6 cm³/mol. The van der Waals surface area contributed by atoms with E-state index in [0.717, 1.165) is 0 Å². The van der Waals surface area contributed by atoms with Crippen molar-refractivity contribution in [2.45, 2.75) is 0 Å². The summed E-state index contributed by atoms with van der Waals surface area (Å²) >= 11 is 0. The van der Waals surface area contributed by atoms with Gasteiger partial charge in [0, 0.05) is 11.8 Å². The van der Waals surface area contributed by atoms with Crippen LogP contribution in [0, 0.1) is 0 Å². The largest absolute Gasteiger partial charge is 0.497 e.